The third-order valence-electron chi connectivity index (χ3n) is 2.94. The third kappa shape index (κ3) is 3.75. The van der Waals surface area contributed by atoms with Gasteiger partial charge in [0, 0.05) is 18.3 Å². The molecule has 1 fully saturated rings. The van der Waals surface area contributed by atoms with Gasteiger partial charge in [-0.05, 0) is 38.4 Å². The summed E-state index contributed by atoms with van der Waals surface area (Å²) in [4.78, 5) is 11.7. The maximum absolute atomic E-state index is 11.7. The van der Waals surface area contributed by atoms with Crippen molar-refractivity contribution in [2.45, 2.75) is 25.8 Å². The SMILES string of the molecule is Cc1ccc(NC(=O)N[C@H]2CCCNC2)cc1. The van der Waals surface area contributed by atoms with Gasteiger partial charge in [0.05, 0.1) is 0 Å². The highest BCUT2D eigenvalue weighted by atomic mass is 16.2. The molecule has 1 atom stereocenters. The largest absolute Gasteiger partial charge is 0.334 e. The summed E-state index contributed by atoms with van der Waals surface area (Å²) in [5, 5.41) is 9.08. The summed E-state index contributed by atoms with van der Waals surface area (Å²) in [6, 6.07) is 7.91. The molecule has 4 nitrogen and oxygen atoms in total. The molecule has 1 aliphatic rings. The normalized spacial score (nSPS) is 19.7. The Balaban J connectivity index is 1.82. The number of hydrogen-bond acceptors (Lipinski definition) is 2. The molecule has 0 aliphatic carbocycles. The van der Waals surface area contributed by atoms with Gasteiger partial charge in [-0.1, -0.05) is 17.7 Å². The number of carbonyl (C=O) groups excluding carboxylic acids is 1. The minimum absolute atomic E-state index is 0.123. The van der Waals surface area contributed by atoms with Crippen molar-refractivity contribution < 1.29 is 4.79 Å². The molecular weight excluding hydrogens is 214 g/mol. The Morgan fingerprint density at radius 2 is 2.12 bits per heavy atom. The van der Waals surface area contributed by atoms with Crippen molar-refractivity contribution in [3.05, 3.63) is 29.8 Å². The average molecular weight is 233 g/mol. The number of benzene rings is 1. The number of hydrogen-bond donors (Lipinski definition) is 3. The van der Waals surface area contributed by atoms with Crippen LogP contribution in [0.3, 0.4) is 0 Å². The number of aryl methyl sites for hydroxylation is 1. The third-order valence-corrected chi connectivity index (χ3v) is 2.94. The standard InChI is InChI=1S/C13H19N3O/c1-10-4-6-11(7-5-10)15-13(17)16-12-3-2-8-14-9-12/h4-7,12,14H,2-3,8-9H2,1H3,(H2,15,16,17)/t12-/m0/s1. The van der Waals surface area contributed by atoms with Crippen molar-refractivity contribution in [1.29, 1.82) is 0 Å². The number of urea groups is 1. The summed E-state index contributed by atoms with van der Waals surface area (Å²) in [7, 11) is 0. The molecule has 1 aromatic rings. The lowest BCUT2D eigenvalue weighted by molar-refractivity contribution is 0.245. The predicted molar refractivity (Wildman–Crippen MR) is 69.2 cm³/mol. The zero-order valence-electron chi connectivity index (χ0n) is 10.1. The second kappa shape index (κ2) is 5.68. The van der Waals surface area contributed by atoms with E-state index in [1.165, 1.54) is 5.56 Å². The van der Waals surface area contributed by atoms with Crippen molar-refractivity contribution in [3.63, 3.8) is 0 Å². The molecule has 0 saturated carbocycles. The van der Waals surface area contributed by atoms with E-state index in [-0.39, 0.29) is 12.1 Å². The summed E-state index contributed by atoms with van der Waals surface area (Å²) in [6.07, 6.45) is 2.17. The van der Waals surface area contributed by atoms with Crippen molar-refractivity contribution >= 4 is 11.7 Å². The molecule has 3 N–H and O–H groups in total. The number of piperidine rings is 1. The highest BCUT2D eigenvalue weighted by molar-refractivity contribution is 5.89. The highest BCUT2D eigenvalue weighted by Crippen LogP contribution is 2.08. The molecule has 92 valence electrons. The van der Waals surface area contributed by atoms with Gasteiger partial charge in [0.25, 0.3) is 0 Å². The molecule has 1 heterocycles. The van der Waals surface area contributed by atoms with Gasteiger partial charge in [0.2, 0.25) is 0 Å². The molecule has 0 spiro atoms. The number of rotatable bonds is 2. The van der Waals surface area contributed by atoms with Crippen molar-refractivity contribution in [1.82, 2.24) is 10.6 Å². The summed E-state index contributed by atoms with van der Waals surface area (Å²) >= 11 is 0. The second-order valence-corrected chi connectivity index (χ2v) is 4.51. The number of amides is 2. The van der Waals surface area contributed by atoms with Crippen LogP contribution in [0.2, 0.25) is 0 Å². The fourth-order valence-corrected chi connectivity index (χ4v) is 1.96. The Labute approximate surface area is 102 Å². The minimum atomic E-state index is -0.123. The molecule has 1 saturated heterocycles. The van der Waals surface area contributed by atoms with Gasteiger partial charge in [-0.3, -0.25) is 0 Å². The second-order valence-electron chi connectivity index (χ2n) is 4.51. The van der Waals surface area contributed by atoms with Crippen LogP contribution in [0.15, 0.2) is 24.3 Å². The van der Waals surface area contributed by atoms with Crippen molar-refractivity contribution in [2.75, 3.05) is 18.4 Å². The molecular formula is C13H19N3O. The van der Waals surface area contributed by atoms with E-state index in [2.05, 4.69) is 16.0 Å². The first-order valence-corrected chi connectivity index (χ1v) is 6.09. The first-order valence-electron chi connectivity index (χ1n) is 6.09. The lowest BCUT2D eigenvalue weighted by atomic mass is 10.1. The topological polar surface area (TPSA) is 53.2 Å². The monoisotopic (exact) mass is 233 g/mol. The molecule has 0 aromatic heterocycles. The van der Waals surface area contributed by atoms with Gasteiger partial charge >= 0.3 is 6.03 Å². The molecule has 0 bridgehead atoms. The molecule has 1 aliphatic heterocycles. The predicted octanol–water partition coefficient (Wildman–Crippen LogP) is 1.87. The quantitative estimate of drug-likeness (QED) is 0.730. The lowest BCUT2D eigenvalue weighted by Crippen LogP contribution is -2.47. The van der Waals surface area contributed by atoms with E-state index in [4.69, 9.17) is 0 Å². The molecule has 0 unspecified atom stereocenters. The Morgan fingerprint density at radius 1 is 1.35 bits per heavy atom. The highest BCUT2D eigenvalue weighted by Gasteiger charge is 2.14. The average Bonchev–Trinajstić information content (AvgIpc) is 2.33. The van der Waals surface area contributed by atoms with Gasteiger partial charge in [0.1, 0.15) is 0 Å². The van der Waals surface area contributed by atoms with Crippen LogP contribution in [0.5, 0.6) is 0 Å². The Kier molecular flexibility index (Phi) is 3.98. The van der Waals surface area contributed by atoms with Crippen LogP contribution in [-0.4, -0.2) is 25.2 Å². The van der Waals surface area contributed by atoms with E-state index < -0.39 is 0 Å². The maximum Gasteiger partial charge on any atom is 0.319 e. The summed E-state index contributed by atoms with van der Waals surface area (Å²) in [5.41, 5.74) is 2.02. The molecule has 1 aromatic carbocycles. The van der Waals surface area contributed by atoms with Gasteiger partial charge in [-0.15, -0.1) is 0 Å². The van der Waals surface area contributed by atoms with Crippen LogP contribution in [0.25, 0.3) is 0 Å². The fourth-order valence-electron chi connectivity index (χ4n) is 1.96. The Hall–Kier alpha value is -1.55. The van der Waals surface area contributed by atoms with Crippen LogP contribution < -0.4 is 16.0 Å². The zero-order chi connectivity index (χ0) is 12.1. The lowest BCUT2D eigenvalue weighted by Gasteiger charge is -2.23. The van der Waals surface area contributed by atoms with Gasteiger partial charge in [0.15, 0.2) is 0 Å². The fraction of sp³-hybridized carbons (Fsp3) is 0.462. The van der Waals surface area contributed by atoms with Gasteiger partial charge < -0.3 is 16.0 Å². The number of nitrogens with one attached hydrogen (secondary N) is 3. The number of anilines is 1. The summed E-state index contributed by atoms with van der Waals surface area (Å²) in [6.45, 7) is 3.94. The smallest absolute Gasteiger partial charge is 0.319 e. The van der Waals surface area contributed by atoms with E-state index in [9.17, 15) is 4.79 Å². The Morgan fingerprint density at radius 3 is 2.76 bits per heavy atom. The van der Waals surface area contributed by atoms with E-state index in [0.717, 1.165) is 31.6 Å². The molecule has 2 amide bonds. The molecule has 2 rings (SSSR count). The van der Waals surface area contributed by atoms with Crippen LogP contribution in [0, 0.1) is 6.92 Å². The first kappa shape index (κ1) is 11.9. The molecule has 4 heteroatoms. The van der Waals surface area contributed by atoms with E-state index >= 15 is 0 Å². The molecule has 17 heavy (non-hydrogen) atoms. The zero-order valence-corrected chi connectivity index (χ0v) is 10.1. The van der Waals surface area contributed by atoms with Gasteiger partial charge in [-0.2, -0.15) is 0 Å². The van der Waals surface area contributed by atoms with Crippen LogP contribution in [0.1, 0.15) is 18.4 Å². The minimum Gasteiger partial charge on any atom is -0.334 e. The van der Waals surface area contributed by atoms with Crippen LogP contribution >= 0.6 is 0 Å². The van der Waals surface area contributed by atoms with Crippen molar-refractivity contribution in [2.24, 2.45) is 0 Å². The number of carbonyl (C=O) groups is 1. The summed E-state index contributed by atoms with van der Waals surface area (Å²) in [5.74, 6) is 0. The van der Waals surface area contributed by atoms with E-state index in [1.807, 2.05) is 31.2 Å². The van der Waals surface area contributed by atoms with Crippen LogP contribution in [-0.2, 0) is 0 Å². The maximum atomic E-state index is 11.7. The first-order chi connectivity index (χ1) is 8.24. The Bertz CT molecular complexity index is 369. The molecule has 0 radical (unpaired) electrons. The summed E-state index contributed by atoms with van der Waals surface area (Å²) < 4.78 is 0. The van der Waals surface area contributed by atoms with E-state index in [0.29, 0.717) is 0 Å². The van der Waals surface area contributed by atoms with Crippen molar-refractivity contribution in [3.8, 4) is 0 Å². The van der Waals surface area contributed by atoms with Crippen LogP contribution in [0.4, 0.5) is 10.5 Å². The van der Waals surface area contributed by atoms with Gasteiger partial charge in [-0.25, -0.2) is 4.79 Å². The van der Waals surface area contributed by atoms with E-state index in [1.54, 1.807) is 0 Å².